The molecule has 0 saturated carbocycles. The van der Waals surface area contributed by atoms with E-state index in [1.807, 2.05) is 30.6 Å². The van der Waals surface area contributed by atoms with E-state index in [1.165, 1.54) is 0 Å². The maximum atomic E-state index is 4.66. The number of anilines is 1. The summed E-state index contributed by atoms with van der Waals surface area (Å²) in [7, 11) is 0. The van der Waals surface area contributed by atoms with Crippen LogP contribution in [0.3, 0.4) is 0 Å². The number of aromatic nitrogens is 3. The number of fused-ring (bicyclic) bond motifs is 1. The van der Waals surface area contributed by atoms with Gasteiger partial charge < -0.3 is 5.32 Å². The second-order valence-corrected chi connectivity index (χ2v) is 4.85. The average Bonchev–Trinajstić information content (AvgIpc) is 2.54. The van der Waals surface area contributed by atoms with Gasteiger partial charge in [0.25, 0.3) is 0 Å². The van der Waals surface area contributed by atoms with Crippen LogP contribution in [0.1, 0.15) is 19.7 Å². The van der Waals surface area contributed by atoms with Crippen LogP contribution >= 0.6 is 0 Å². The van der Waals surface area contributed by atoms with Crippen LogP contribution in [0.15, 0.2) is 42.7 Å². The molecular weight excluding hydrogens is 260 g/mol. The number of hydrogen-bond donors (Lipinski definition) is 1. The van der Waals surface area contributed by atoms with Gasteiger partial charge in [-0.05, 0) is 12.3 Å². The van der Waals surface area contributed by atoms with E-state index >= 15 is 0 Å². The average molecular weight is 278 g/mol. The van der Waals surface area contributed by atoms with Crippen LogP contribution in [0.4, 0.5) is 5.82 Å². The minimum Gasteiger partial charge on any atom is -0.370 e. The number of nitrogens with zero attached hydrogens (tertiary/aromatic N) is 3. The molecule has 0 fully saturated rings. The van der Waals surface area contributed by atoms with Gasteiger partial charge in [-0.2, -0.15) is 0 Å². The van der Waals surface area contributed by atoms with Crippen molar-refractivity contribution in [2.75, 3.05) is 11.9 Å². The summed E-state index contributed by atoms with van der Waals surface area (Å²) in [4.78, 5) is 13.5. The highest BCUT2D eigenvalue weighted by Gasteiger charge is 2.09. The molecule has 0 amide bonds. The predicted molar refractivity (Wildman–Crippen MR) is 86.3 cm³/mol. The van der Waals surface area contributed by atoms with Crippen LogP contribution < -0.4 is 5.32 Å². The maximum Gasteiger partial charge on any atom is 0.131 e. The van der Waals surface area contributed by atoms with Crippen LogP contribution in [0.5, 0.6) is 0 Å². The van der Waals surface area contributed by atoms with Crippen LogP contribution in [-0.4, -0.2) is 21.5 Å². The lowest BCUT2D eigenvalue weighted by Gasteiger charge is -2.10. The first-order valence-electron chi connectivity index (χ1n) is 7.26. The summed E-state index contributed by atoms with van der Waals surface area (Å²) in [5.41, 5.74) is 1.96. The molecule has 1 aromatic carbocycles. The second kappa shape index (κ2) is 5.87. The molecule has 0 aliphatic carbocycles. The fourth-order valence-corrected chi connectivity index (χ4v) is 2.39. The predicted octanol–water partition coefficient (Wildman–Crippen LogP) is 3.69. The zero-order valence-corrected chi connectivity index (χ0v) is 12.3. The van der Waals surface area contributed by atoms with E-state index in [0.717, 1.165) is 46.6 Å². The van der Waals surface area contributed by atoms with Gasteiger partial charge in [0.05, 0.1) is 5.69 Å². The number of nitrogens with one attached hydrogen (secondary N) is 1. The Labute approximate surface area is 124 Å². The van der Waals surface area contributed by atoms with Crippen molar-refractivity contribution in [2.45, 2.75) is 20.3 Å². The van der Waals surface area contributed by atoms with E-state index in [2.05, 4.69) is 46.2 Å². The molecule has 2 heterocycles. The summed E-state index contributed by atoms with van der Waals surface area (Å²) in [5, 5.41) is 5.55. The van der Waals surface area contributed by atoms with Crippen molar-refractivity contribution in [3.63, 3.8) is 0 Å². The first-order chi connectivity index (χ1) is 10.3. The van der Waals surface area contributed by atoms with Crippen LogP contribution in [0, 0.1) is 0 Å². The molecule has 0 spiro atoms. The van der Waals surface area contributed by atoms with E-state index < -0.39 is 0 Å². The van der Waals surface area contributed by atoms with Crippen molar-refractivity contribution >= 4 is 16.6 Å². The fraction of sp³-hybridized carbons (Fsp3) is 0.235. The lowest BCUT2D eigenvalue weighted by atomic mass is 10.1. The fourth-order valence-electron chi connectivity index (χ4n) is 2.39. The van der Waals surface area contributed by atoms with Crippen molar-refractivity contribution in [1.82, 2.24) is 15.0 Å². The van der Waals surface area contributed by atoms with Gasteiger partial charge in [0, 0.05) is 42.4 Å². The third-order valence-electron chi connectivity index (χ3n) is 3.39. The summed E-state index contributed by atoms with van der Waals surface area (Å²) >= 11 is 0. The minimum absolute atomic E-state index is 0.810. The lowest BCUT2D eigenvalue weighted by Crippen LogP contribution is -2.04. The van der Waals surface area contributed by atoms with E-state index in [-0.39, 0.29) is 0 Å². The highest BCUT2D eigenvalue weighted by atomic mass is 15.0. The first kappa shape index (κ1) is 13.5. The van der Waals surface area contributed by atoms with Gasteiger partial charge in [-0.25, -0.2) is 9.97 Å². The van der Waals surface area contributed by atoms with Crippen LogP contribution in [0.25, 0.3) is 22.0 Å². The molecule has 3 rings (SSSR count). The Kier molecular flexibility index (Phi) is 3.77. The zero-order chi connectivity index (χ0) is 14.7. The summed E-state index contributed by atoms with van der Waals surface area (Å²) in [6.07, 6.45) is 4.57. The first-order valence-corrected chi connectivity index (χ1v) is 7.26. The molecule has 0 unspecified atom stereocenters. The summed E-state index contributed by atoms with van der Waals surface area (Å²) < 4.78 is 0. The lowest BCUT2D eigenvalue weighted by molar-refractivity contribution is 0.939. The Morgan fingerprint density at radius 3 is 2.71 bits per heavy atom. The Morgan fingerprint density at radius 2 is 1.90 bits per heavy atom. The highest BCUT2D eigenvalue weighted by Crippen LogP contribution is 2.27. The van der Waals surface area contributed by atoms with Gasteiger partial charge in [0.15, 0.2) is 0 Å². The van der Waals surface area contributed by atoms with Crippen molar-refractivity contribution in [2.24, 2.45) is 0 Å². The van der Waals surface area contributed by atoms with Crippen LogP contribution in [-0.2, 0) is 6.42 Å². The molecule has 0 bridgehead atoms. The molecule has 1 N–H and O–H groups in total. The number of benzene rings is 1. The van der Waals surface area contributed by atoms with Crippen LogP contribution in [0.2, 0.25) is 0 Å². The standard InChI is InChI=1S/C17H18N4/c1-3-16-20-15(9-17(21-16)19-4-2)14-11-18-10-12-7-5-6-8-13(12)14/h5-11H,3-4H2,1-2H3,(H,19,20,21). The Bertz CT molecular complexity index is 762. The van der Waals surface area contributed by atoms with Gasteiger partial charge in [-0.3, -0.25) is 4.98 Å². The van der Waals surface area contributed by atoms with Gasteiger partial charge in [0.1, 0.15) is 11.6 Å². The topological polar surface area (TPSA) is 50.7 Å². The molecule has 4 heteroatoms. The number of rotatable bonds is 4. The highest BCUT2D eigenvalue weighted by molar-refractivity contribution is 5.95. The molecule has 0 radical (unpaired) electrons. The molecular formula is C17H18N4. The molecule has 0 atom stereocenters. The van der Waals surface area contributed by atoms with Gasteiger partial charge in [-0.1, -0.05) is 31.2 Å². The smallest absolute Gasteiger partial charge is 0.131 e. The Morgan fingerprint density at radius 1 is 1.05 bits per heavy atom. The van der Waals surface area contributed by atoms with Crippen molar-refractivity contribution < 1.29 is 0 Å². The van der Waals surface area contributed by atoms with Crippen molar-refractivity contribution in [3.05, 3.63) is 48.5 Å². The molecule has 3 aromatic rings. The third kappa shape index (κ3) is 2.70. The molecule has 2 aromatic heterocycles. The van der Waals surface area contributed by atoms with Gasteiger partial charge in [-0.15, -0.1) is 0 Å². The van der Waals surface area contributed by atoms with Crippen molar-refractivity contribution in [3.8, 4) is 11.3 Å². The number of aryl methyl sites for hydroxylation is 1. The van der Waals surface area contributed by atoms with Gasteiger partial charge in [0.2, 0.25) is 0 Å². The maximum absolute atomic E-state index is 4.66. The minimum atomic E-state index is 0.810. The summed E-state index contributed by atoms with van der Waals surface area (Å²) in [6, 6.07) is 10.2. The second-order valence-electron chi connectivity index (χ2n) is 4.85. The Hall–Kier alpha value is -2.49. The number of hydrogen-bond acceptors (Lipinski definition) is 4. The molecule has 21 heavy (non-hydrogen) atoms. The van der Waals surface area contributed by atoms with E-state index in [1.54, 1.807) is 0 Å². The quantitative estimate of drug-likeness (QED) is 0.791. The van der Waals surface area contributed by atoms with E-state index in [0.29, 0.717) is 0 Å². The van der Waals surface area contributed by atoms with E-state index in [4.69, 9.17) is 0 Å². The van der Waals surface area contributed by atoms with Crippen molar-refractivity contribution in [1.29, 1.82) is 0 Å². The number of pyridine rings is 1. The largest absolute Gasteiger partial charge is 0.370 e. The molecule has 0 aliphatic heterocycles. The molecule has 4 nitrogen and oxygen atoms in total. The molecule has 106 valence electrons. The normalized spacial score (nSPS) is 10.8. The monoisotopic (exact) mass is 278 g/mol. The molecule has 0 saturated heterocycles. The van der Waals surface area contributed by atoms with Gasteiger partial charge >= 0.3 is 0 Å². The third-order valence-corrected chi connectivity index (χ3v) is 3.39. The zero-order valence-electron chi connectivity index (χ0n) is 12.3. The SMILES string of the molecule is CCNc1cc(-c2cncc3ccccc23)nc(CC)n1. The Balaban J connectivity index is 2.20. The van der Waals surface area contributed by atoms with E-state index in [9.17, 15) is 0 Å². The summed E-state index contributed by atoms with van der Waals surface area (Å²) in [6.45, 7) is 4.97. The molecule has 0 aliphatic rings. The summed E-state index contributed by atoms with van der Waals surface area (Å²) in [5.74, 6) is 1.71.